The maximum atomic E-state index is 13.0. The minimum atomic E-state index is -0.0284. The van der Waals surface area contributed by atoms with E-state index in [2.05, 4.69) is 0 Å². The quantitative estimate of drug-likeness (QED) is 0.810. The predicted molar refractivity (Wildman–Crippen MR) is 101 cm³/mol. The molecule has 0 spiro atoms. The Kier molecular flexibility index (Phi) is 4.68. The van der Waals surface area contributed by atoms with E-state index in [9.17, 15) is 9.59 Å². The van der Waals surface area contributed by atoms with Crippen LogP contribution in [-0.4, -0.2) is 47.3 Å². The number of amides is 2. The van der Waals surface area contributed by atoms with Crippen LogP contribution in [0.25, 0.3) is 0 Å². The number of nitrogens with zero attached hydrogens (tertiary/aromatic N) is 2. The number of hydrogen-bond donors (Lipinski definition) is 0. The summed E-state index contributed by atoms with van der Waals surface area (Å²) >= 11 is 6.23. The number of fused-ring (bicyclic) bond motifs is 4. The lowest BCUT2D eigenvalue weighted by Crippen LogP contribution is -2.47. The van der Waals surface area contributed by atoms with E-state index in [1.807, 2.05) is 52.3 Å². The Morgan fingerprint density at radius 1 is 0.846 bits per heavy atom. The fourth-order valence-electron chi connectivity index (χ4n) is 4.05. The van der Waals surface area contributed by atoms with Gasteiger partial charge in [0.1, 0.15) is 0 Å². The molecule has 0 radical (unpaired) electrons. The first-order valence-electron chi connectivity index (χ1n) is 9.03. The summed E-state index contributed by atoms with van der Waals surface area (Å²) in [4.78, 5) is 29.8. The molecule has 0 saturated carbocycles. The van der Waals surface area contributed by atoms with Crippen LogP contribution in [-0.2, 0) is 0 Å². The van der Waals surface area contributed by atoms with E-state index < -0.39 is 0 Å². The lowest BCUT2D eigenvalue weighted by atomic mass is 9.94. The van der Waals surface area contributed by atoms with E-state index in [1.165, 1.54) is 0 Å². The Bertz CT molecular complexity index is 824. The standard InChI is InChI=1S/C21H21ClN2O2/c22-19-9-5-4-8-18(19)21(26)24-13-15-10-11-17(24)14-23(12-15)20(25)16-6-2-1-3-7-16/h1-9,15,17H,10-14H2/t15-,17+/m0/s1. The highest BCUT2D eigenvalue weighted by atomic mass is 35.5. The van der Waals surface area contributed by atoms with Gasteiger partial charge in [-0.2, -0.15) is 0 Å². The lowest BCUT2D eigenvalue weighted by molar-refractivity contribution is 0.0574. The molecule has 134 valence electrons. The molecule has 5 rings (SSSR count). The molecule has 0 aliphatic carbocycles. The van der Waals surface area contributed by atoms with E-state index in [0.29, 0.717) is 41.7 Å². The van der Waals surface area contributed by atoms with Crippen LogP contribution in [0.15, 0.2) is 54.6 Å². The van der Waals surface area contributed by atoms with Gasteiger partial charge in [-0.3, -0.25) is 9.59 Å². The van der Waals surface area contributed by atoms with E-state index in [4.69, 9.17) is 11.6 Å². The molecule has 3 aliphatic rings. The van der Waals surface area contributed by atoms with Crippen LogP contribution in [0.5, 0.6) is 0 Å². The number of halogens is 1. The fourth-order valence-corrected chi connectivity index (χ4v) is 4.27. The third-order valence-electron chi connectivity index (χ3n) is 5.39. The molecule has 26 heavy (non-hydrogen) atoms. The third-order valence-corrected chi connectivity index (χ3v) is 5.72. The molecule has 2 bridgehead atoms. The second-order valence-corrected chi connectivity index (χ2v) is 7.52. The zero-order chi connectivity index (χ0) is 18.1. The summed E-state index contributed by atoms with van der Waals surface area (Å²) in [6.45, 7) is 1.98. The number of rotatable bonds is 2. The SMILES string of the molecule is O=C(c1ccccc1)N1C[C@@H]2CC[C@H](C1)N(C(=O)c1ccccc1Cl)C2. The number of piperidine rings is 1. The summed E-state index contributed by atoms with van der Waals surface area (Å²) in [7, 11) is 0. The van der Waals surface area contributed by atoms with E-state index in [0.717, 1.165) is 12.8 Å². The van der Waals surface area contributed by atoms with Crippen molar-refractivity contribution < 1.29 is 9.59 Å². The lowest BCUT2D eigenvalue weighted by Gasteiger charge is -2.36. The van der Waals surface area contributed by atoms with Crippen LogP contribution in [0, 0.1) is 5.92 Å². The number of carbonyl (C=O) groups is 2. The predicted octanol–water partition coefficient (Wildman–Crippen LogP) is 3.72. The van der Waals surface area contributed by atoms with Crippen molar-refractivity contribution in [3.05, 3.63) is 70.7 Å². The van der Waals surface area contributed by atoms with Crippen molar-refractivity contribution in [1.82, 2.24) is 9.80 Å². The van der Waals surface area contributed by atoms with Gasteiger partial charge in [-0.1, -0.05) is 41.9 Å². The highest BCUT2D eigenvalue weighted by molar-refractivity contribution is 6.33. The number of carbonyl (C=O) groups excluding carboxylic acids is 2. The summed E-state index contributed by atoms with van der Waals surface area (Å²) in [5.41, 5.74) is 1.25. The van der Waals surface area contributed by atoms with Crippen LogP contribution in [0.1, 0.15) is 33.6 Å². The molecule has 0 unspecified atom stereocenters. The highest BCUT2D eigenvalue weighted by Crippen LogP contribution is 2.31. The molecule has 0 N–H and O–H groups in total. The molecule has 2 amide bonds. The van der Waals surface area contributed by atoms with Crippen LogP contribution in [0.2, 0.25) is 5.02 Å². The van der Waals surface area contributed by atoms with Gasteiger partial charge in [0.15, 0.2) is 0 Å². The minimum Gasteiger partial charge on any atom is -0.336 e. The Balaban J connectivity index is 1.56. The van der Waals surface area contributed by atoms with Gasteiger partial charge in [-0.15, -0.1) is 0 Å². The van der Waals surface area contributed by atoms with Crippen LogP contribution in [0.4, 0.5) is 0 Å². The number of benzene rings is 2. The largest absolute Gasteiger partial charge is 0.336 e. The van der Waals surface area contributed by atoms with Crippen LogP contribution in [0.3, 0.4) is 0 Å². The topological polar surface area (TPSA) is 40.6 Å². The smallest absolute Gasteiger partial charge is 0.255 e. The molecule has 0 aromatic heterocycles. The Morgan fingerprint density at radius 2 is 1.58 bits per heavy atom. The Hall–Kier alpha value is -2.33. The van der Waals surface area contributed by atoms with Gasteiger partial charge in [0.05, 0.1) is 10.6 Å². The molecule has 3 fully saturated rings. The normalized spacial score (nSPS) is 22.2. The van der Waals surface area contributed by atoms with E-state index in [1.54, 1.807) is 12.1 Å². The van der Waals surface area contributed by atoms with Crippen molar-refractivity contribution in [2.45, 2.75) is 18.9 Å². The zero-order valence-corrected chi connectivity index (χ0v) is 15.2. The van der Waals surface area contributed by atoms with Gasteiger partial charge in [0.25, 0.3) is 11.8 Å². The molecule has 3 aliphatic heterocycles. The van der Waals surface area contributed by atoms with Crippen molar-refractivity contribution in [1.29, 1.82) is 0 Å². The maximum Gasteiger partial charge on any atom is 0.255 e. The third kappa shape index (κ3) is 3.21. The minimum absolute atomic E-state index is 0.0284. The first-order valence-corrected chi connectivity index (χ1v) is 9.41. The summed E-state index contributed by atoms with van der Waals surface area (Å²) in [5, 5.41) is 0.481. The molecule has 3 heterocycles. The van der Waals surface area contributed by atoms with E-state index >= 15 is 0 Å². The average molecular weight is 369 g/mol. The molecule has 3 saturated heterocycles. The van der Waals surface area contributed by atoms with Crippen molar-refractivity contribution in [2.75, 3.05) is 19.6 Å². The summed E-state index contributed by atoms with van der Waals surface area (Å²) < 4.78 is 0. The summed E-state index contributed by atoms with van der Waals surface area (Å²) in [6.07, 6.45) is 1.98. The molecule has 5 heteroatoms. The average Bonchev–Trinajstić information content (AvgIpc) is 3.00. The van der Waals surface area contributed by atoms with Crippen molar-refractivity contribution in [3.8, 4) is 0 Å². The van der Waals surface area contributed by atoms with Crippen molar-refractivity contribution in [3.63, 3.8) is 0 Å². The molecule has 2 atom stereocenters. The summed E-state index contributed by atoms with van der Waals surface area (Å²) in [5.74, 6) is 0.335. The van der Waals surface area contributed by atoms with Crippen LogP contribution >= 0.6 is 11.6 Å². The van der Waals surface area contributed by atoms with Gasteiger partial charge in [0.2, 0.25) is 0 Å². The Labute approximate surface area is 158 Å². The fraction of sp³-hybridized carbons (Fsp3) is 0.333. The van der Waals surface area contributed by atoms with Crippen molar-refractivity contribution >= 4 is 23.4 Å². The summed E-state index contributed by atoms with van der Waals surface area (Å²) in [6, 6.07) is 16.6. The molecule has 4 nitrogen and oxygen atoms in total. The van der Waals surface area contributed by atoms with Gasteiger partial charge < -0.3 is 9.80 Å². The molecular weight excluding hydrogens is 348 g/mol. The molecular formula is C21H21ClN2O2. The second-order valence-electron chi connectivity index (χ2n) is 7.11. The van der Waals surface area contributed by atoms with Gasteiger partial charge in [-0.05, 0) is 43.0 Å². The van der Waals surface area contributed by atoms with Crippen molar-refractivity contribution in [2.24, 2.45) is 5.92 Å². The first-order chi connectivity index (χ1) is 12.6. The van der Waals surface area contributed by atoms with E-state index in [-0.39, 0.29) is 17.9 Å². The first kappa shape index (κ1) is 17.1. The maximum absolute atomic E-state index is 13.0. The molecule has 2 aromatic carbocycles. The monoisotopic (exact) mass is 368 g/mol. The Morgan fingerprint density at radius 3 is 2.35 bits per heavy atom. The highest BCUT2D eigenvalue weighted by Gasteiger charge is 2.39. The van der Waals surface area contributed by atoms with Crippen LogP contribution < -0.4 is 0 Å². The van der Waals surface area contributed by atoms with Gasteiger partial charge >= 0.3 is 0 Å². The molecule has 2 aromatic rings. The van der Waals surface area contributed by atoms with Gasteiger partial charge in [-0.25, -0.2) is 0 Å². The zero-order valence-electron chi connectivity index (χ0n) is 14.5. The second kappa shape index (κ2) is 7.12. The number of hydrogen-bond acceptors (Lipinski definition) is 2. The van der Waals surface area contributed by atoms with Gasteiger partial charge in [0, 0.05) is 31.2 Å².